The molecule has 0 bridgehead atoms. The van der Waals surface area contributed by atoms with E-state index in [2.05, 4.69) is 31.0 Å². The van der Waals surface area contributed by atoms with Gasteiger partial charge in [0.25, 0.3) is 11.7 Å². The summed E-state index contributed by atoms with van der Waals surface area (Å²) in [6.07, 6.45) is 1.71. The number of carbonyl (C=O) groups is 1. The van der Waals surface area contributed by atoms with E-state index in [0.29, 0.717) is 5.82 Å². The highest BCUT2D eigenvalue weighted by Gasteiger charge is 2.11. The Kier molecular flexibility index (Phi) is 1.94. The number of aromatic amines is 1. The second-order valence-electron chi connectivity index (χ2n) is 2.56. The number of amides is 1. The summed E-state index contributed by atoms with van der Waals surface area (Å²) in [7, 11) is 1.75. The van der Waals surface area contributed by atoms with E-state index in [9.17, 15) is 4.79 Å². The van der Waals surface area contributed by atoms with Crippen LogP contribution in [-0.2, 0) is 7.05 Å². The van der Waals surface area contributed by atoms with Crippen molar-refractivity contribution in [2.45, 2.75) is 0 Å². The molecule has 72 valence electrons. The molecule has 0 saturated heterocycles. The summed E-state index contributed by atoms with van der Waals surface area (Å²) in [5.41, 5.74) is 0. The van der Waals surface area contributed by atoms with Gasteiger partial charge in [-0.2, -0.15) is 10.3 Å². The van der Waals surface area contributed by atoms with Crippen LogP contribution < -0.4 is 5.32 Å². The Bertz CT molecular complexity index is 431. The number of rotatable bonds is 2. The van der Waals surface area contributed by atoms with Crippen LogP contribution in [0.2, 0.25) is 0 Å². The maximum atomic E-state index is 11.3. The molecule has 2 aromatic heterocycles. The highest BCUT2D eigenvalue weighted by atomic mass is 16.2. The van der Waals surface area contributed by atoms with E-state index < -0.39 is 5.91 Å². The van der Waals surface area contributed by atoms with E-state index in [1.165, 1.54) is 0 Å². The van der Waals surface area contributed by atoms with Gasteiger partial charge in [0, 0.05) is 19.3 Å². The summed E-state index contributed by atoms with van der Waals surface area (Å²) < 4.78 is 1.58. The third-order valence-electron chi connectivity index (χ3n) is 1.50. The molecule has 8 nitrogen and oxygen atoms in total. The molecule has 0 aliphatic carbocycles. The first-order valence-corrected chi connectivity index (χ1v) is 3.80. The number of H-pyrrole nitrogens is 1. The van der Waals surface area contributed by atoms with Crippen molar-refractivity contribution in [2.24, 2.45) is 7.05 Å². The Hall–Kier alpha value is -2.25. The monoisotopic (exact) mass is 193 g/mol. The number of hydrogen-bond donors (Lipinski definition) is 2. The molecule has 0 saturated carbocycles. The zero-order valence-corrected chi connectivity index (χ0v) is 7.30. The van der Waals surface area contributed by atoms with Crippen LogP contribution in [0.3, 0.4) is 0 Å². The highest BCUT2D eigenvalue weighted by molar-refractivity contribution is 6.00. The normalized spacial score (nSPS) is 10.1. The minimum absolute atomic E-state index is 0.0179. The van der Waals surface area contributed by atoms with Crippen LogP contribution >= 0.6 is 0 Å². The molecule has 0 radical (unpaired) electrons. The van der Waals surface area contributed by atoms with Gasteiger partial charge in [0.05, 0.1) is 0 Å². The van der Waals surface area contributed by atoms with Gasteiger partial charge in [-0.3, -0.25) is 9.48 Å². The Morgan fingerprint density at radius 3 is 3.07 bits per heavy atom. The summed E-state index contributed by atoms with van der Waals surface area (Å²) in [5, 5.41) is 19.0. The molecule has 1 amide bonds. The number of anilines is 1. The molecular weight excluding hydrogens is 186 g/mol. The van der Waals surface area contributed by atoms with Gasteiger partial charge in [0.1, 0.15) is 0 Å². The highest BCUT2D eigenvalue weighted by Crippen LogP contribution is 2.01. The molecule has 0 unspecified atom stereocenters. The van der Waals surface area contributed by atoms with Crippen LogP contribution in [0.25, 0.3) is 0 Å². The van der Waals surface area contributed by atoms with Crippen LogP contribution in [0, 0.1) is 0 Å². The van der Waals surface area contributed by atoms with Crippen molar-refractivity contribution in [1.82, 2.24) is 30.4 Å². The first kappa shape index (κ1) is 8.35. The van der Waals surface area contributed by atoms with Crippen LogP contribution in [0.4, 0.5) is 5.82 Å². The molecule has 2 aromatic rings. The summed E-state index contributed by atoms with van der Waals surface area (Å²) in [4.78, 5) is 11.3. The molecule has 2 heterocycles. The molecule has 0 atom stereocenters. The third-order valence-corrected chi connectivity index (χ3v) is 1.50. The maximum Gasteiger partial charge on any atom is 0.298 e. The Morgan fingerprint density at radius 2 is 2.50 bits per heavy atom. The van der Waals surface area contributed by atoms with Gasteiger partial charge >= 0.3 is 0 Å². The lowest BCUT2D eigenvalue weighted by atomic mass is 10.5. The first-order valence-electron chi connectivity index (χ1n) is 3.80. The van der Waals surface area contributed by atoms with Crippen molar-refractivity contribution in [3.05, 3.63) is 18.1 Å². The maximum absolute atomic E-state index is 11.3. The van der Waals surface area contributed by atoms with Crippen molar-refractivity contribution < 1.29 is 4.79 Å². The summed E-state index contributed by atoms with van der Waals surface area (Å²) in [5.74, 6) is -0.0181. The smallest absolute Gasteiger partial charge is 0.298 e. The van der Waals surface area contributed by atoms with Gasteiger partial charge in [-0.15, -0.1) is 10.2 Å². The minimum atomic E-state index is -0.447. The van der Waals surface area contributed by atoms with E-state index in [-0.39, 0.29) is 5.82 Å². The molecule has 0 fully saturated rings. The van der Waals surface area contributed by atoms with Gasteiger partial charge in [0.2, 0.25) is 0 Å². The number of tetrazole rings is 1. The predicted octanol–water partition coefficient (Wildman–Crippen LogP) is -0.815. The third kappa shape index (κ3) is 1.58. The lowest BCUT2D eigenvalue weighted by Crippen LogP contribution is -2.14. The molecule has 0 aliphatic heterocycles. The number of nitrogens with one attached hydrogen (secondary N) is 2. The standard InChI is InChI=1S/C6H7N7O/c1-13-3-2-4(10-13)7-6(14)5-8-11-12-9-5/h2-3H,1H3,(H,7,10,14)(H,8,9,11,12). The number of carbonyl (C=O) groups excluding carboxylic acids is 1. The molecule has 0 aliphatic rings. The van der Waals surface area contributed by atoms with Gasteiger partial charge in [-0.05, 0) is 5.21 Å². The molecule has 0 aromatic carbocycles. The van der Waals surface area contributed by atoms with E-state index in [0.717, 1.165) is 0 Å². The molecule has 0 spiro atoms. The van der Waals surface area contributed by atoms with Gasteiger partial charge in [-0.25, -0.2) is 0 Å². The number of aromatic nitrogens is 6. The Morgan fingerprint density at radius 1 is 1.64 bits per heavy atom. The van der Waals surface area contributed by atoms with Crippen molar-refractivity contribution in [3.8, 4) is 0 Å². The quantitative estimate of drug-likeness (QED) is 0.649. The first-order chi connectivity index (χ1) is 6.75. The molecular formula is C6H7N7O. The van der Waals surface area contributed by atoms with Crippen molar-refractivity contribution in [1.29, 1.82) is 0 Å². The van der Waals surface area contributed by atoms with E-state index in [4.69, 9.17) is 0 Å². The van der Waals surface area contributed by atoms with Crippen LogP contribution in [0.15, 0.2) is 12.3 Å². The predicted molar refractivity (Wildman–Crippen MR) is 45.3 cm³/mol. The van der Waals surface area contributed by atoms with Crippen LogP contribution in [0.5, 0.6) is 0 Å². The van der Waals surface area contributed by atoms with E-state index in [1.54, 1.807) is 24.0 Å². The lowest BCUT2D eigenvalue weighted by Gasteiger charge is -1.95. The summed E-state index contributed by atoms with van der Waals surface area (Å²) >= 11 is 0. The fourth-order valence-corrected chi connectivity index (χ4v) is 0.912. The minimum Gasteiger partial charge on any atom is -0.302 e. The fraction of sp³-hybridized carbons (Fsp3) is 0.167. The largest absolute Gasteiger partial charge is 0.302 e. The van der Waals surface area contributed by atoms with Crippen LogP contribution in [0.1, 0.15) is 10.6 Å². The van der Waals surface area contributed by atoms with Crippen molar-refractivity contribution in [2.75, 3.05) is 5.32 Å². The molecule has 2 rings (SSSR count). The van der Waals surface area contributed by atoms with Gasteiger partial charge in [-0.1, -0.05) is 0 Å². The topological polar surface area (TPSA) is 101 Å². The van der Waals surface area contributed by atoms with Gasteiger partial charge in [0.15, 0.2) is 5.82 Å². The average molecular weight is 193 g/mol. The second-order valence-corrected chi connectivity index (χ2v) is 2.56. The molecule has 8 heteroatoms. The molecule has 2 N–H and O–H groups in total. The summed E-state index contributed by atoms with van der Waals surface area (Å²) in [6.45, 7) is 0. The average Bonchev–Trinajstić information content (AvgIpc) is 2.75. The van der Waals surface area contributed by atoms with Crippen molar-refractivity contribution in [3.63, 3.8) is 0 Å². The van der Waals surface area contributed by atoms with Gasteiger partial charge < -0.3 is 5.32 Å². The van der Waals surface area contributed by atoms with E-state index in [1.807, 2.05) is 0 Å². The van der Waals surface area contributed by atoms with E-state index >= 15 is 0 Å². The lowest BCUT2D eigenvalue weighted by molar-refractivity contribution is 0.101. The summed E-state index contributed by atoms with van der Waals surface area (Å²) in [6, 6.07) is 1.66. The zero-order chi connectivity index (χ0) is 9.97. The Labute approximate surface area is 78.3 Å². The number of nitrogens with zero attached hydrogens (tertiary/aromatic N) is 5. The SMILES string of the molecule is Cn1ccc(NC(=O)c2nn[nH]n2)n1. The fourth-order valence-electron chi connectivity index (χ4n) is 0.912. The molecule has 14 heavy (non-hydrogen) atoms. The second kappa shape index (κ2) is 3.24. The number of hydrogen-bond acceptors (Lipinski definition) is 5. The van der Waals surface area contributed by atoms with Crippen LogP contribution in [-0.4, -0.2) is 36.3 Å². The zero-order valence-electron chi connectivity index (χ0n) is 7.30. The Balaban J connectivity index is 2.09. The number of aryl methyl sites for hydroxylation is 1. The van der Waals surface area contributed by atoms with Crippen molar-refractivity contribution >= 4 is 11.7 Å².